The van der Waals surface area contributed by atoms with Crippen LogP contribution < -0.4 is 0 Å². The maximum Gasteiger partial charge on any atom is 0.292 e. The fraction of sp³-hybridized carbons (Fsp3) is 0.412. The molecule has 1 aliphatic heterocycles. The largest absolute Gasteiger partial charge is 0.438 e. The Hall–Kier alpha value is -2.10. The SMILES string of the molecule is CC1CCCC(C)N1C(=O)c1ocnc1-c1ccccc1. The number of nitrogens with zero attached hydrogens (tertiary/aromatic N) is 2. The molecule has 0 aliphatic carbocycles. The zero-order chi connectivity index (χ0) is 14.8. The van der Waals surface area contributed by atoms with Gasteiger partial charge in [0.2, 0.25) is 5.76 Å². The number of piperidine rings is 1. The van der Waals surface area contributed by atoms with Crippen LogP contribution in [-0.4, -0.2) is 27.9 Å². The molecule has 3 rings (SSSR count). The van der Waals surface area contributed by atoms with Crippen molar-refractivity contribution >= 4 is 5.91 Å². The molecule has 1 saturated heterocycles. The Morgan fingerprint density at radius 3 is 2.52 bits per heavy atom. The summed E-state index contributed by atoms with van der Waals surface area (Å²) in [7, 11) is 0. The second-order valence-electron chi connectivity index (χ2n) is 5.74. The molecule has 2 unspecified atom stereocenters. The molecule has 0 spiro atoms. The molecule has 0 bridgehead atoms. The minimum atomic E-state index is -0.0500. The van der Waals surface area contributed by atoms with Crippen LogP contribution in [0.4, 0.5) is 0 Å². The van der Waals surface area contributed by atoms with Crippen LogP contribution in [-0.2, 0) is 0 Å². The van der Waals surface area contributed by atoms with Gasteiger partial charge in [0.1, 0.15) is 5.69 Å². The normalized spacial score (nSPS) is 22.3. The number of hydrogen-bond donors (Lipinski definition) is 0. The molecule has 2 atom stereocenters. The van der Waals surface area contributed by atoms with Gasteiger partial charge in [-0.25, -0.2) is 4.98 Å². The quantitative estimate of drug-likeness (QED) is 0.844. The zero-order valence-corrected chi connectivity index (χ0v) is 12.5. The van der Waals surface area contributed by atoms with Crippen molar-refractivity contribution in [3.05, 3.63) is 42.5 Å². The van der Waals surface area contributed by atoms with E-state index in [0.29, 0.717) is 11.5 Å². The number of likely N-dealkylation sites (tertiary alicyclic amines) is 1. The lowest BCUT2D eigenvalue weighted by Crippen LogP contribution is -2.47. The summed E-state index contributed by atoms with van der Waals surface area (Å²) in [6, 6.07) is 10.2. The molecule has 2 heterocycles. The van der Waals surface area contributed by atoms with Crippen LogP contribution >= 0.6 is 0 Å². The maximum absolute atomic E-state index is 12.9. The monoisotopic (exact) mass is 284 g/mol. The Bertz CT molecular complexity index is 611. The summed E-state index contributed by atoms with van der Waals surface area (Å²) >= 11 is 0. The van der Waals surface area contributed by atoms with Gasteiger partial charge in [0, 0.05) is 17.6 Å². The van der Waals surface area contributed by atoms with Crippen LogP contribution in [0.2, 0.25) is 0 Å². The molecule has 2 aromatic rings. The summed E-state index contributed by atoms with van der Waals surface area (Å²) in [6.45, 7) is 4.21. The fourth-order valence-corrected chi connectivity index (χ4v) is 3.14. The minimum absolute atomic E-state index is 0.0500. The average Bonchev–Trinajstić information content (AvgIpc) is 2.97. The molecule has 1 aromatic carbocycles. The molecule has 0 N–H and O–H groups in total. The lowest BCUT2D eigenvalue weighted by atomic mass is 9.97. The number of benzene rings is 1. The first-order valence-corrected chi connectivity index (χ1v) is 7.50. The van der Waals surface area contributed by atoms with Crippen LogP contribution in [0.25, 0.3) is 11.3 Å². The minimum Gasteiger partial charge on any atom is -0.438 e. The first-order chi connectivity index (χ1) is 10.2. The number of aromatic nitrogens is 1. The summed E-state index contributed by atoms with van der Waals surface area (Å²) in [5.41, 5.74) is 1.54. The Morgan fingerprint density at radius 1 is 1.19 bits per heavy atom. The summed E-state index contributed by atoms with van der Waals surface area (Å²) < 4.78 is 5.43. The van der Waals surface area contributed by atoms with Gasteiger partial charge in [0.25, 0.3) is 5.91 Å². The number of carbonyl (C=O) groups is 1. The summed E-state index contributed by atoms with van der Waals surface area (Å²) in [5, 5.41) is 0. The van der Waals surface area contributed by atoms with Gasteiger partial charge in [-0.3, -0.25) is 4.79 Å². The third kappa shape index (κ3) is 2.58. The summed E-state index contributed by atoms with van der Waals surface area (Å²) in [4.78, 5) is 19.0. The van der Waals surface area contributed by atoms with Crippen molar-refractivity contribution in [2.24, 2.45) is 0 Å². The lowest BCUT2D eigenvalue weighted by Gasteiger charge is -2.38. The smallest absolute Gasteiger partial charge is 0.292 e. The first kappa shape index (κ1) is 13.9. The highest BCUT2D eigenvalue weighted by Gasteiger charge is 2.33. The van der Waals surface area contributed by atoms with Crippen LogP contribution in [0, 0.1) is 0 Å². The van der Waals surface area contributed by atoms with E-state index in [4.69, 9.17) is 4.42 Å². The van der Waals surface area contributed by atoms with Crippen molar-refractivity contribution in [1.29, 1.82) is 0 Å². The molecule has 4 nitrogen and oxygen atoms in total. The Morgan fingerprint density at radius 2 is 1.86 bits per heavy atom. The van der Waals surface area contributed by atoms with E-state index in [9.17, 15) is 4.79 Å². The highest BCUT2D eigenvalue weighted by atomic mass is 16.3. The third-order valence-corrected chi connectivity index (χ3v) is 4.24. The molecule has 1 aliphatic rings. The van der Waals surface area contributed by atoms with Gasteiger partial charge in [-0.05, 0) is 33.1 Å². The lowest BCUT2D eigenvalue weighted by molar-refractivity contribution is 0.0479. The van der Waals surface area contributed by atoms with Gasteiger partial charge in [-0.2, -0.15) is 0 Å². The van der Waals surface area contributed by atoms with E-state index in [1.165, 1.54) is 12.8 Å². The van der Waals surface area contributed by atoms with Crippen molar-refractivity contribution in [3.63, 3.8) is 0 Å². The van der Waals surface area contributed by atoms with Crippen LogP contribution in [0.5, 0.6) is 0 Å². The Kier molecular flexibility index (Phi) is 3.78. The molecule has 1 amide bonds. The molecule has 1 fully saturated rings. The molecule has 0 radical (unpaired) electrons. The molecule has 1 aromatic heterocycles. The van der Waals surface area contributed by atoms with Crippen molar-refractivity contribution in [1.82, 2.24) is 9.88 Å². The predicted octanol–water partition coefficient (Wildman–Crippen LogP) is 3.74. The maximum atomic E-state index is 12.9. The van der Waals surface area contributed by atoms with Crippen molar-refractivity contribution in [2.75, 3.05) is 0 Å². The van der Waals surface area contributed by atoms with Crippen molar-refractivity contribution in [2.45, 2.75) is 45.2 Å². The fourth-order valence-electron chi connectivity index (χ4n) is 3.14. The van der Waals surface area contributed by atoms with Gasteiger partial charge in [0.15, 0.2) is 6.39 Å². The molecule has 0 saturated carbocycles. The molecular weight excluding hydrogens is 264 g/mol. The average molecular weight is 284 g/mol. The molecular formula is C17H20N2O2. The zero-order valence-electron chi connectivity index (χ0n) is 12.5. The van der Waals surface area contributed by atoms with Gasteiger partial charge in [0.05, 0.1) is 0 Å². The number of amides is 1. The van der Waals surface area contributed by atoms with E-state index >= 15 is 0 Å². The second kappa shape index (κ2) is 5.72. The van der Waals surface area contributed by atoms with Gasteiger partial charge in [-0.15, -0.1) is 0 Å². The van der Waals surface area contributed by atoms with Gasteiger partial charge < -0.3 is 9.32 Å². The molecule has 21 heavy (non-hydrogen) atoms. The van der Waals surface area contributed by atoms with E-state index in [2.05, 4.69) is 18.8 Å². The first-order valence-electron chi connectivity index (χ1n) is 7.50. The molecule has 4 heteroatoms. The second-order valence-corrected chi connectivity index (χ2v) is 5.74. The number of carbonyl (C=O) groups excluding carboxylic acids is 1. The Labute approximate surface area is 124 Å². The summed E-state index contributed by atoms with van der Waals surface area (Å²) in [6.07, 6.45) is 4.62. The van der Waals surface area contributed by atoms with Gasteiger partial charge >= 0.3 is 0 Å². The van der Waals surface area contributed by atoms with Crippen LogP contribution in [0.3, 0.4) is 0 Å². The van der Waals surface area contributed by atoms with E-state index in [1.807, 2.05) is 35.2 Å². The number of rotatable bonds is 2. The van der Waals surface area contributed by atoms with E-state index in [1.54, 1.807) is 0 Å². The van der Waals surface area contributed by atoms with E-state index in [0.717, 1.165) is 18.4 Å². The van der Waals surface area contributed by atoms with Crippen LogP contribution in [0.15, 0.2) is 41.1 Å². The third-order valence-electron chi connectivity index (χ3n) is 4.24. The van der Waals surface area contributed by atoms with E-state index in [-0.39, 0.29) is 18.0 Å². The van der Waals surface area contributed by atoms with Crippen molar-refractivity contribution in [3.8, 4) is 11.3 Å². The van der Waals surface area contributed by atoms with Gasteiger partial charge in [-0.1, -0.05) is 30.3 Å². The summed E-state index contributed by atoms with van der Waals surface area (Å²) in [5.74, 6) is 0.299. The Balaban J connectivity index is 1.94. The highest BCUT2D eigenvalue weighted by Crippen LogP contribution is 2.28. The van der Waals surface area contributed by atoms with Crippen molar-refractivity contribution < 1.29 is 9.21 Å². The standard InChI is InChI=1S/C17H20N2O2/c1-12-7-6-8-13(2)19(12)17(20)16-15(18-11-21-16)14-9-4-3-5-10-14/h3-5,9-13H,6-8H2,1-2H3. The van der Waals surface area contributed by atoms with Crippen LogP contribution in [0.1, 0.15) is 43.7 Å². The van der Waals surface area contributed by atoms with E-state index < -0.39 is 0 Å². The topological polar surface area (TPSA) is 46.3 Å². The molecule has 110 valence electrons. The number of hydrogen-bond acceptors (Lipinski definition) is 3. The highest BCUT2D eigenvalue weighted by molar-refractivity contribution is 5.97. The number of oxazole rings is 1. The predicted molar refractivity (Wildman–Crippen MR) is 80.9 cm³/mol.